The molecule has 0 saturated heterocycles. The van der Waals surface area contributed by atoms with Gasteiger partial charge in [0.1, 0.15) is 5.75 Å². The fourth-order valence-corrected chi connectivity index (χ4v) is 3.30. The molecule has 0 saturated carbocycles. The van der Waals surface area contributed by atoms with Crippen molar-refractivity contribution in [1.82, 2.24) is 0 Å². The molecule has 3 aromatic rings. The van der Waals surface area contributed by atoms with Crippen molar-refractivity contribution in [2.24, 2.45) is 0 Å². The van der Waals surface area contributed by atoms with Gasteiger partial charge in [0.15, 0.2) is 11.6 Å². The lowest BCUT2D eigenvalue weighted by Crippen LogP contribution is -2.29. The minimum absolute atomic E-state index is 0.0225. The second-order valence-electron chi connectivity index (χ2n) is 6.01. The number of ketones is 2. The molecule has 132 valence electrons. The molecule has 3 aromatic carbocycles. The lowest BCUT2D eigenvalue weighted by atomic mass is 9.82. The zero-order valence-electron chi connectivity index (χ0n) is 13.9. The van der Waals surface area contributed by atoms with Gasteiger partial charge in [0, 0.05) is 11.1 Å². The zero-order valence-corrected chi connectivity index (χ0v) is 13.9. The average molecular weight is 359 g/mol. The Kier molecular flexibility index (Phi) is 3.74. The Balaban J connectivity index is 2.02. The monoisotopic (exact) mass is 359 g/mol. The van der Waals surface area contributed by atoms with Gasteiger partial charge in [-0.15, -0.1) is 0 Å². The molecule has 2 N–H and O–H groups in total. The van der Waals surface area contributed by atoms with Crippen LogP contribution < -0.4 is 4.90 Å². The second-order valence-corrected chi connectivity index (χ2v) is 6.01. The molecule has 0 spiro atoms. The van der Waals surface area contributed by atoms with Crippen LogP contribution in [0, 0.1) is 0 Å². The molecular formula is C21H13NO5. The molecule has 0 bridgehead atoms. The molecule has 6 nitrogen and oxygen atoms in total. The largest absolute Gasteiger partial charge is 0.507 e. The molecule has 1 aliphatic rings. The van der Waals surface area contributed by atoms with Gasteiger partial charge in [0.2, 0.25) is 0 Å². The summed E-state index contributed by atoms with van der Waals surface area (Å²) >= 11 is 0. The lowest BCUT2D eigenvalue weighted by Gasteiger charge is -2.26. The summed E-state index contributed by atoms with van der Waals surface area (Å²) in [5, 5.41) is 20.0. The maximum Gasteiger partial charge on any atom is 0.416 e. The Bertz CT molecular complexity index is 1100. The van der Waals surface area contributed by atoms with Gasteiger partial charge in [0.05, 0.1) is 22.5 Å². The van der Waals surface area contributed by atoms with Crippen LogP contribution in [0.4, 0.5) is 16.2 Å². The van der Waals surface area contributed by atoms with E-state index in [4.69, 9.17) is 0 Å². The van der Waals surface area contributed by atoms with Crippen molar-refractivity contribution in [1.29, 1.82) is 0 Å². The van der Waals surface area contributed by atoms with Crippen LogP contribution in [0.3, 0.4) is 0 Å². The summed E-state index contributed by atoms with van der Waals surface area (Å²) in [5.41, 5.74) is 0.402. The summed E-state index contributed by atoms with van der Waals surface area (Å²) in [7, 11) is 0. The molecule has 0 atom stereocenters. The van der Waals surface area contributed by atoms with E-state index in [0.29, 0.717) is 5.69 Å². The van der Waals surface area contributed by atoms with E-state index in [0.717, 1.165) is 4.90 Å². The van der Waals surface area contributed by atoms with E-state index in [1.54, 1.807) is 42.5 Å². The summed E-state index contributed by atoms with van der Waals surface area (Å²) in [6.07, 6.45) is -1.31. The number of amides is 1. The number of benzene rings is 3. The summed E-state index contributed by atoms with van der Waals surface area (Å²) in [5.74, 6) is -1.38. The maximum atomic E-state index is 13.1. The van der Waals surface area contributed by atoms with Gasteiger partial charge >= 0.3 is 6.09 Å². The molecule has 0 unspecified atom stereocenters. The fourth-order valence-electron chi connectivity index (χ4n) is 3.30. The number of nitrogens with zero attached hydrogens (tertiary/aromatic N) is 1. The topological polar surface area (TPSA) is 94.9 Å². The van der Waals surface area contributed by atoms with Crippen molar-refractivity contribution in [3.63, 3.8) is 0 Å². The standard InChI is InChI=1S/C21H13NO5/c23-16-11-10-15(22(21(26)27)12-6-2-1-3-7-12)17-18(16)20(25)14-9-5-4-8-13(14)19(17)24/h1-11,23H,(H,26,27). The number of fused-ring (bicyclic) bond motifs is 2. The number of para-hydroxylation sites is 1. The van der Waals surface area contributed by atoms with Crippen LogP contribution in [0.25, 0.3) is 0 Å². The van der Waals surface area contributed by atoms with Crippen LogP contribution in [0.2, 0.25) is 0 Å². The van der Waals surface area contributed by atoms with Crippen LogP contribution in [0.15, 0.2) is 66.7 Å². The van der Waals surface area contributed by atoms with Gasteiger partial charge in [-0.25, -0.2) is 9.69 Å². The van der Waals surface area contributed by atoms with Crippen LogP contribution in [0.5, 0.6) is 5.75 Å². The Hall–Kier alpha value is -3.93. The van der Waals surface area contributed by atoms with Crippen LogP contribution in [0.1, 0.15) is 31.8 Å². The van der Waals surface area contributed by atoms with Crippen molar-refractivity contribution in [2.45, 2.75) is 0 Å². The lowest BCUT2D eigenvalue weighted by molar-refractivity contribution is 0.0977. The van der Waals surface area contributed by atoms with Crippen LogP contribution in [-0.2, 0) is 0 Å². The van der Waals surface area contributed by atoms with Gasteiger partial charge in [-0.05, 0) is 24.3 Å². The van der Waals surface area contributed by atoms with Crippen LogP contribution >= 0.6 is 0 Å². The highest BCUT2D eigenvalue weighted by Crippen LogP contribution is 2.40. The molecule has 4 rings (SSSR count). The van der Waals surface area contributed by atoms with Crippen molar-refractivity contribution >= 4 is 29.0 Å². The third-order valence-electron chi connectivity index (χ3n) is 4.48. The number of hydrogen-bond acceptors (Lipinski definition) is 4. The Morgan fingerprint density at radius 3 is 1.89 bits per heavy atom. The number of anilines is 2. The highest BCUT2D eigenvalue weighted by atomic mass is 16.4. The first-order valence-electron chi connectivity index (χ1n) is 8.13. The van der Waals surface area contributed by atoms with Crippen molar-refractivity contribution in [3.8, 4) is 5.75 Å². The molecule has 6 heteroatoms. The molecule has 27 heavy (non-hydrogen) atoms. The molecular weight excluding hydrogens is 346 g/mol. The summed E-state index contributed by atoms with van der Waals surface area (Å²) < 4.78 is 0. The predicted octanol–water partition coefficient (Wildman–Crippen LogP) is 3.98. The molecule has 0 aromatic heterocycles. The van der Waals surface area contributed by atoms with Gasteiger partial charge in [-0.3, -0.25) is 9.59 Å². The quantitative estimate of drug-likeness (QED) is 0.564. The molecule has 0 fully saturated rings. The highest BCUT2D eigenvalue weighted by molar-refractivity contribution is 6.31. The van der Waals surface area contributed by atoms with Gasteiger partial charge < -0.3 is 10.2 Å². The average Bonchev–Trinajstić information content (AvgIpc) is 2.68. The number of hydrogen-bond donors (Lipinski definition) is 2. The molecule has 0 radical (unpaired) electrons. The predicted molar refractivity (Wildman–Crippen MR) is 98.0 cm³/mol. The number of aromatic hydroxyl groups is 1. The molecule has 1 aliphatic carbocycles. The minimum atomic E-state index is -1.31. The van der Waals surface area contributed by atoms with E-state index < -0.39 is 17.7 Å². The first kappa shape index (κ1) is 16.5. The normalized spacial score (nSPS) is 12.3. The molecule has 0 heterocycles. The number of carbonyl (C=O) groups excluding carboxylic acids is 2. The summed E-state index contributed by atoms with van der Waals surface area (Å²) in [6, 6.07) is 17.1. The summed E-state index contributed by atoms with van der Waals surface area (Å²) in [4.78, 5) is 38.9. The smallest absolute Gasteiger partial charge is 0.416 e. The Morgan fingerprint density at radius 1 is 0.741 bits per heavy atom. The van der Waals surface area contributed by atoms with Crippen molar-refractivity contribution in [2.75, 3.05) is 4.90 Å². The van der Waals surface area contributed by atoms with E-state index in [1.165, 1.54) is 24.3 Å². The number of phenolic OH excluding ortho intramolecular Hbond substituents is 1. The SMILES string of the molecule is O=C1c2ccccc2C(=O)c2c(N(C(=O)O)c3ccccc3)ccc(O)c21. The van der Waals surface area contributed by atoms with E-state index in [9.17, 15) is 24.6 Å². The van der Waals surface area contributed by atoms with Crippen molar-refractivity contribution in [3.05, 3.63) is 89.0 Å². The number of phenols is 1. The summed E-state index contributed by atoms with van der Waals surface area (Å²) in [6.45, 7) is 0. The van der Waals surface area contributed by atoms with E-state index in [1.807, 2.05) is 0 Å². The fraction of sp³-hybridized carbons (Fsp3) is 0. The molecule has 1 amide bonds. The molecule has 0 aliphatic heterocycles. The van der Waals surface area contributed by atoms with Gasteiger partial charge in [-0.2, -0.15) is 0 Å². The van der Waals surface area contributed by atoms with Gasteiger partial charge in [-0.1, -0.05) is 42.5 Å². The Morgan fingerprint density at radius 2 is 1.30 bits per heavy atom. The van der Waals surface area contributed by atoms with E-state index >= 15 is 0 Å². The third kappa shape index (κ3) is 2.46. The number of rotatable bonds is 2. The second kappa shape index (κ2) is 6.10. The zero-order chi connectivity index (χ0) is 19.1. The van der Waals surface area contributed by atoms with Gasteiger partial charge in [0.25, 0.3) is 0 Å². The number of carbonyl (C=O) groups is 3. The van der Waals surface area contributed by atoms with Crippen LogP contribution in [-0.4, -0.2) is 27.9 Å². The third-order valence-corrected chi connectivity index (χ3v) is 4.48. The van der Waals surface area contributed by atoms with E-state index in [2.05, 4.69) is 0 Å². The highest BCUT2D eigenvalue weighted by Gasteiger charge is 2.36. The first-order chi connectivity index (χ1) is 13.0. The van der Waals surface area contributed by atoms with Crippen molar-refractivity contribution < 1.29 is 24.6 Å². The minimum Gasteiger partial charge on any atom is -0.507 e. The first-order valence-corrected chi connectivity index (χ1v) is 8.13. The maximum absolute atomic E-state index is 13.1. The number of carboxylic acid groups (broad SMARTS) is 1. The Labute approximate surface area is 153 Å². The van der Waals surface area contributed by atoms with E-state index in [-0.39, 0.29) is 33.7 Å².